The average molecular weight is 458 g/mol. The van der Waals surface area contributed by atoms with Crippen molar-refractivity contribution >= 4 is 43.9 Å². The molecule has 2 aromatic carbocycles. The zero-order valence-electron chi connectivity index (χ0n) is 16.0. The number of carboxylic acids is 1. The molecule has 0 aliphatic carbocycles. The van der Waals surface area contributed by atoms with E-state index in [1.165, 1.54) is 35.7 Å². The molecule has 0 saturated heterocycles. The quantitative estimate of drug-likeness (QED) is 0.420. The van der Waals surface area contributed by atoms with Crippen molar-refractivity contribution in [2.24, 2.45) is 0 Å². The Kier molecular flexibility index (Phi) is 5.34. The molecule has 0 aliphatic heterocycles. The number of thiophene rings is 1. The fourth-order valence-electron chi connectivity index (χ4n) is 2.97. The van der Waals surface area contributed by atoms with Gasteiger partial charge in [-0.25, -0.2) is 17.6 Å². The third-order valence-electron chi connectivity index (χ3n) is 4.31. The maximum atomic E-state index is 13.7. The van der Waals surface area contributed by atoms with Crippen molar-refractivity contribution in [1.82, 2.24) is 4.98 Å². The van der Waals surface area contributed by atoms with Crippen molar-refractivity contribution in [1.29, 1.82) is 0 Å². The van der Waals surface area contributed by atoms with Crippen LogP contribution in [0, 0.1) is 12.7 Å². The Morgan fingerprint density at radius 2 is 1.87 bits per heavy atom. The summed E-state index contributed by atoms with van der Waals surface area (Å²) in [7, 11) is -4.07. The van der Waals surface area contributed by atoms with Gasteiger partial charge in [-0.3, -0.25) is 9.71 Å². The summed E-state index contributed by atoms with van der Waals surface area (Å²) in [6.07, 6.45) is 0. The molecule has 0 unspecified atom stereocenters. The largest absolute Gasteiger partial charge is 0.477 e. The van der Waals surface area contributed by atoms with Crippen molar-refractivity contribution < 1.29 is 27.4 Å². The van der Waals surface area contributed by atoms with Gasteiger partial charge in [-0.15, -0.1) is 11.3 Å². The first-order valence-electron chi connectivity index (χ1n) is 8.91. The molecule has 0 spiro atoms. The number of sulfonamides is 1. The van der Waals surface area contributed by atoms with Crippen LogP contribution in [0.4, 0.5) is 10.1 Å². The molecule has 158 valence electrons. The first kappa shape index (κ1) is 20.8. The predicted octanol–water partition coefficient (Wildman–Crippen LogP) is 5.04. The molecular formula is C21H15FN2O5S2. The lowest BCUT2D eigenvalue weighted by molar-refractivity contribution is 0.0698. The van der Waals surface area contributed by atoms with Gasteiger partial charge in [-0.2, -0.15) is 0 Å². The van der Waals surface area contributed by atoms with E-state index in [4.69, 9.17) is 9.84 Å². The standard InChI is InChI=1S/C21H15FN2O5S2/c1-12-10-18(16-11-13(22)2-7-17(16)23-12)29-15-5-3-14(4-6-15)24-31(27,28)19-8-9-30-20(19)21(25)26/h2-11,24H,1H3,(H,25,26). The number of anilines is 1. The summed E-state index contributed by atoms with van der Waals surface area (Å²) in [5, 5.41) is 11.1. The molecule has 4 aromatic rings. The number of hydrogen-bond acceptors (Lipinski definition) is 6. The van der Waals surface area contributed by atoms with Gasteiger partial charge >= 0.3 is 5.97 Å². The Hall–Kier alpha value is -3.50. The topological polar surface area (TPSA) is 106 Å². The van der Waals surface area contributed by atoms with Crippen LogP contribution in [0.3, 0.4) is 0 Å². The molecule has 0 bridgehead atoms. The highest BCUT2D eigenvalue weighted by Crippen LogP contribution is 2.31. The van der Waals surface area contributed by atoms with E-state index in [0.29, 0.717) is 28.1 Å². The molecule has 2 N–H and O–H groups in total. The Labute approximate surface area is 180 Å². The van der Waals surface area contributed by atoms with E-state index in [0.717, 1.165) is 11.3 Å². The minimum atomic E-state index is -4.07. The second-order valence-electron chi connectivity index (χ2n) is 6.57. The van der Waals surface area contributed by atoms with Gasteiger partial charge in [0, 0.05) is 22.8 Å². The number of ether oxygens (including phenoxy) is 1. The number of halogens is 1. The van der Waals surface area contributed by atoms with Crippen LogP contribution < -0.4 is 9.46 Å². The molecule has 10 heteroatoms. The Bertz CT molecular complexity index is 1400. The number of aromatic nitrogens is 1. The molecule has 0 aliphatic rings. The number of rotatable bonds is 6. The minimum Gasteiger partial charge on any atom is -0.477 e. The first-order chi connectivity index (χ1) is 14.7. The molecular weight excluding hydrogens is 443 g/mol. The van der Waals surface area contributed by atoms with E-state index >= 15 is 0 Å². The number of benzene rings is 2. The molecule has 2 aromatic heterocycles. The third kappa shape index (κ3) is 4.35. The number of aryl methyl sites for hydroxylation is 1. The van der Waals surface area contributed by atoms with E-state index in [2.05, 4.69) is 9.71 Å². The van der Waals surface area contributed by atoms with Gasteiger partial charge < -0.3 is 9.84 Å². The predicted molar refractivity (Wildman–Crippen MR) is 115 cm³/mol. The van der Waals surface area contributed by atoms with Crippen LogP contribution in [-0.4, -0.2) is 24.5 Å². The maximum Gasteiger partial charge on any atom is 0.347 e. The third-order valence-corrected chi connectivity index (χ3v) is 6.76. The summed E-state index contributed by atoms with van der Waals surface area (Å²) in [5.74, 6) is -0.905. The van der Waals surface area contributed by atoms with E-state index in [9.17, 15) is 17.6 Å². The molecule has 0 amide bonds. The van der Waals surface area contributed by atoms with Crippen molar-refractivity contribution in [3.05, 3.63) is 76.4 Å². The van der Waals surface area contributed by atoms with Crippen molar-refractivity contribution in [2.45, 2.75) is 11.8 Å². The summed E-state index contributed by atoms with van der Waals surface area (Å²) in [6, 6.07) is 13.2. The smallest absolute Gasteiger partial charge is 0.347 e. The second-order valence-corrected chi connectivity index (χ2v) is 9.14. The minimum absolute atomic E-state index is 0.233. The van der Waals surface area contributed by atoms with Crippen LogP contribution in [0.5, 0.6) is 11.5 Å². The Morgan fingerprint density at radius 3 is 2.58 bits per heavy atom. The van der Waals surface area contributed by atoms with Gasteiger partial charge in [0.1, 0.15) is 27.1 Å². The zero-order valence-corrected chi connectivity index (χ0v) is 17.6. The van der Waals surface area contributed by atoms with E-state index in [1.807, 2.05) is 0 Å². The fraction of sp³-hybridized carbons (Fsp3) is 0.0476. The lowest BCUT2D eigenvalue weighted by Gasteiger charge is -2.11. The highest BCUT2D eigenvalue weighted by Gasteiger charge is 2.23. The van der Waals surface area contributed by atoms with E-state index in [-0.39, 0.29) is 15.5 Å². The number of aromatic carboxylic acids is 1. The van der Waals surface area contributed by atoms with Crippen LogP contribution in [0.2, 0.25) is 0 Å². The number of carbonyl (C=O) groups is 1. The molecule has 4 rings (SSSR count). The van der Waals surface area contributed by atoms with Crippen LogP contribution >= 0.6 is 11.3 Å². The lowest BCUT2D eigenvalue weighted by atomic mass is 10.2. The molecule has 0 saturated carbocycles. The summed E-state index contributed by atoms with van der Waals surface area (Å²) >= 11 is 0.831. The highest BCUT2D eigenvalue weighted by atomic mass is 32.2. The Balaban J connectivity index is 1.58. The number of carboxylic acid groups (broad SMARTS) is 1. The van der Waals surface area contributed by atoms with E-state index in [1.54, 1.807) is 31.2 Å². The van der Waals surface area contributed by atoms with Crippen LogP contribution in [0.25, 0.3) is 10.9 Å². The molecule has 0 atom stereocenters. The fourth-order valence-corrected chi connectivity index (χ4v) is 5.29. The highest BCUT2D eigenvalue weighted by molar-refractivity contribution is 7.93. The van der Waals surface area contributed by atoms with Crippen LogP contribution in [0.1, 0.15) is 15.4 Å². The van der Waals surface area contributed by atoms with Gasteiger partial charge in [-0.05, 0) is 60.8 Å². The van der Waals surface area contributed by atoms with Gasteiger partial charge in [0.15, 0.2) is 0 Å². The number of pyridine rings is 1. The molecule has 0 fully saturated rings. The summed E-state index contributed by atoms with van der Waals surface area (Å²) in [6.45, 7) is 1.79. The van der Waals surface area contributed by atoms with Crippen molar-refractivity contribution in [3.8, 4) is 11.5 Å². The summed E-state index contributed by atoms with van der Waals surface area (Å²) in [5.41, 5.74) is 1.52. The molecule has 31 heavy (non-hydrogen) atoms. The summed E-state index contributed by atoms with van der Waals surface area (Å²) < 4.78 is 47.0. The Morgan fingerprint density at radius 1 is 1.13 bits per heavy atom. The average Bonchev–Trinajstić information content (AvgIpc) is 3.21. The van der Waals surface area contributed by atoms with Gasteiger partial charge in [0.2, 0.25) is 0 Å². The van der Waals surface area contributed by atoms with Crippen LogP contribution in [0.15, 0.2) is 64.9 Å². The molecule has 7 nitrogen and oxygen atoms in total. The SMILES string of the molecule is Cc1cc(Oc2ccc(NS(=O)(=O)c3ccsc3C(=O)O)cc2)c2cc(F)ccc2n1. The zero-order chi connectivity index (χ0) is 22.2. The lowest BCUT2D eigenvalue weighted by Crippen LogP contribution is -2.15. The second kappa shape index (κ2) is 7.97. The van der Waals surface area contributed by atoms with Gasteiger partial charge in [0.25, 0.3) is 10.0 Å². The number of nitrogens with zero attached hydrogens (tertiary/aromatic N) is 1. The summed E-state index contributed by atoms with van der Waals surface area (Å²) in [4.78, 5) is 15.0. The van der Waals surface area contributed by atoms with E-state index < -0.39 is 21.8 Å². The maximum absolute atomic E-state index is 13.7. The van der Waals surface area contributed by atoms with Crippen molar-refractivity contribution in [3.63, 3.8) is 0 Å². The number of fused-ring (bicyclic) bond motifs is 1. The monoisotopic (exact) mass is 458 g/mol. The molecule has 0 radical (unpaired) electrons. The van der Waals surface area contributed by atoms with Crippen LogP contribution in [-0.2, 0) is 10.0 Å². The first-order valence-corrected chi connectivity index (χ1v) is 11.3. The number of hydrogen-bond donors (Lipinski definition) is 2. The van der Waals surface area contributed by atoms with Gasteiger partial charge in [-0.1, -0.05) is 0 Å². The molecule has 2 heterocycles. The number of nitrogens with one attached hydrogen (secondary N) is 1. The van der Waals surface area contributed by atoms with Crippen molar-refractivity contribution in [2.75, 3.05) is 4.72 Å². The normalized spacial score (nSPS) is 11.4. The van der Waals surface area contributed by atoms with Gasteiger partial charge in [0.05, 0.1) is 5.52 Å².